The minimum atomic E-state index is -0.217. The van der Waals surface area contributed by atoms with E-state index in [0.29, 0.717) is 5.56 Å². The normalized spacial score (nSPS) is 14.8. The number of benzene rings is 1. The van der Waals surface area contributed by atoms with Crippen LogP contribution in [-0.4, -0.2) is 16.3 Å². The Labute approximate surface area is 92.9 Å². The fourth-order valence-corrected chi connectivity index (χ4v) is 1.99. The average Bonchev–Trinajstić information content (AvgIpc) is 2.73. The maximum atomic E-state index is 13.6. The quantitative estimate of drug-likeness (QED) is 0.789. The lowest BCUT2D eigenvalue weighted by atomic mass is 10.1. The van der Waals surface area contributed by atoms with Crippen molar-refractivity contribution in [2.75, 3.05) is 6.54 Å². The number of aromatic nitrogens is 2. The monoisotopic (exact) mass is 217 g/mol. The summed E-state index contributed by atoms with van der Waals surface area (Å²) in [7, 11) is 0. The molecule has 0 atom stereocenters. The summed E-state index contributed by atoms with van der Waals surface area (Å²) in [6, 6.07) is 8.69. The van der Waals surface area contributed by atoms with E-state index in [1.165, 1.54) is 6.07 Å². The minimum absolute atomic E-state index is 0.217. The van der Waals surface area contributed by atoms with Crippen LogP contribution in [0.2, 0.25) is 0 Å². The molecule has 3 nitrogen and oxygen atoms in total. The number of nitrogens with zero attached hydrogens (tertiary/aromatic N) is 2. The van der Waals surface area contributed by atoms with Gasteiger partial charge in [0.05, 0.1) is 17.9 Å². The van der Waals surface area contributed by atoms with Crippen LogP contribution in [-0.2, 0) is 13.1 Å². The highest BCUT2D eigenvalue weighted by Gasteiger charge is 2.14. The van der Waals surface area contributed by atoms with Crippen molar-refractivity contribution >= 4 is 0 Å². The van der Waals surface area contributed by atoms with Gasteiger partial charge in [0.2, 0.25) is 0 Å². The molecular weight excluding hydrogens is 205 g/mol. The first-order valence-corrected chi connectivity index (χ1v) is 5.37. The molecule has 0 unspecified atom stereocenters. The SMILES string of the molecule is Fc1ccccc1-c1cc2n(n1)CCNC2. The third-order valence-electron chi connectivity index (χ3n) is 2.82. The molecule has 1 aliphatic rings. The molecule has 0 aliphatic carbocycles. The summed E-state index contributed by atoms with van der Waals surface area (Å²) >= 11 is 0. The van der Waals surface area contributed by atoms with Crippen molar-refractivity contribution in [3.05, 3.63) is 41.8 Å². The number of hydrogen-bond acceptors (Lipinski definition) is 2. The summed E-state index contributed by atoms with van der Waals surface area (Å²) in [5.74, 6) is -0.217. The van der Waals surface area contributed by atoms with Crippen LogP contribution in [0.1, 0.15) is 5.69 Å². The molecule has 0 bridgehead atoms. The maximum absolute atomic E-state index is 13.6. The molecule has 0 saturated carbocycles. The lowest BCUT2D eigenvalue weighted by Crippen LogP contribution is -2.28. The summed E-state index contributed by atoms with van der Waals surface area (Å²) in [6.07, 6.45) is 0. The average molecular weight is 217 g/mol. The molecule has 0 spiro atoms. The molecule has 0 amide bonds. The van der Waals surface area contributed by atoms with Gasteiger partial charge in [0.25, 0.3) is 0 Å². The van der Waals surface area contributed by atoms with Gasteiger partial charge in [-0.3, -0.25) is 4.68 Å². The largest absolute Gasteiger partial charge is 0.309 e. The standard InChI is InChI=1S/C12H12FN3/c13-11-4-2-1-3-10(11)12-7-9-8-14-5-6-16(9)15-12/h1-4,7,14H,5-6,8H2. The lowest BCUT2D eigenvalue weighted by molar-refractivity contribution is 0.476. The van der Waals surface area contributed by atoms with Crippen molar-refractivity contribution < 1.29 is 4.39 Å². The van der Waals surface area contributed by atoms with Crippen LogP contribution in [0.25, 0.3) is 11.3 Å². The van der Waals surface area contributed by atoms with Gasteiger partial charge in [-0.05, 0) is 18.2 Å². The summed E-state index contributed by atoms with van der Waals surface area (Å²) in [4.78, 5) is 0. The van der Waals surface area contributed by atoms with Crippen molar-refractivity contribution in [2.45, 2.75) is 13.1 Å². The Morgan fingerprint density at radius 3 is 3.00 bits per heavy atom. The van der Waals surface area contributed by atoms with Crippen molar-refractivity contribution in [3.63, 3.8) is 0 Å². The zero-order chi connectivity index (χ0) is 11.0. The van der Waals surface area contributed by atoms with E-state index < -0.39 is 0 Å². The smallest absolute Gasteiger partial charge is 0.132 e. The Hall–Kier alpha value is -1.68. The molecule has 1 aliphatic heterocycles. The fourth-order valence-electron chi connectivity index (χ4n) is 1.99. The van der Waals surface area contributed by atoms with Crippen molar-refractivity contribution in [3.8, 4) is 11.3 Å². The Balaban J connectivity index is 2.07. The van der Waals surface area contributed by atoms with Gasteiger partial charge in [-0.25, -0.2) is 4.39 Å². The van der Waals surface area contributed by atoms with E-state index in [1.807, 2.05) is 16.8 Å². The van der Waals surface area contributed by atoms with E-state index in [9.17, 15) is 4.39 Å². The van der Waals surface area contributed by atoms with Gasteiger partial charge in [0.15, 0.2) is 0 Å². The van der Waals surface area contributed by atoms with Crippen LogP contribution in [0.3, 0.4) is 0 Å². The van der Waals surface area contributed by atoms with Gasteiger partial charge in [0.1, 0.15) is 5.82 Å². The number of hydrogen-bond donors (Lipinski definition) is 1. The van der Waals surface area contributed by atoms with E-state index in [2.05, 4.69) is 10.4 Å². The highest BCUT2D eigenvalue weighted by atomic mass is 19.1. The molecule has 3 rings (SSSR count). The molecule has 1 aromatic heterocycles. The van der Waals surface area contributed by atoms with Gasteiger partial charge < -0.3 is 5.32 Å². The molecule has 0 radical (unpaired) electrons. The van der Waals surface area contributed by atoms with Crippen molar-refractivity contribution in [1.82, 2.24) is 15.1 Å². The van der Waals surface area contributed by atoms with Crippen molar-refractivity contribution in [1.29, 1.82) is 0 Å². The van der Waals surface area contributed by atoms with E-state index in [-0.39, 0.29) is 5.82 Å². The van der Waals surface area contributed by atoms with Crippen molar-refractivity contribution in [2.24, 2.45) is 0 Å². The van der Waals surface area contributed by atoms with Gasteiger partial charge in [-0.1, -0.05) is 12.1 Å². The number of halogens is 1. The summed E-state index contributed by atoms with van der Waals surface area (Å²) in [5.41, 5.74) is 2.41. The van der Waals surface area contributed by atoms with E-state index >= 15 is 0 Å². The minimum Gasteiger partial charge on any atom is -0.309 e. The zero-order valence-electron chi connectivity index (χ0n) is 8.78. The second-order valence-electron chi connectivity index (χ2n) is 3.90. The first-order valence-electron chi connectivity index (χ1n) is 5.37. The Morgan fingerprint density at radius 2 is 2.19 bits per heavy atom. The maximum Gasteiger partial charge on any atom is 0.132 e. The van der Waals surface area contributed by atoms with Crippen LogP contribution in [0.4, 0.5) is 4.39 Å². The molecule has 0 fully saturated rings. The fraction of sp³-hybridized carbons (Fsp3) is 0.250. The first-order chi connectivity index (χ1) is 7.84. The molecule has 0 saturated heterocycles. The van der Waals surface area contributed by atoms with E-state index in [4.69, 9.17) is 0 Å². The summed E-state index contributed by atoms with van der Waals surface area (Å²) in [5, 5.41) is 7.68. The number of fused-ring (bicyclic) bond motifs is 1. The highest BCUT2D eigenvalue weighted by molar-refractivity contribution is 5.60. The second kappa shape index (κ2) is 3.72. The zero-order valence-corrected chi connectivity index (χ0v) is 8.78. The lowest BCUT2D eigenvalue weighted by Gasteiger charge is -2.13. The topological polar surface area (TPSA) is 29.9 Å². The summed E-state index contributed by atoms with van der Waals surface area (Å²) in [6.45, 7) is 2.58. The van der Waals surface area contributed by atoms with Gasteiger partial charge in [-0.2, -0.15) is 5.10 Å². The molecule has 82 valence electrons. The molecule has 16 heavy (non-hydrogen) atoms. The van der Waals surface area contributed by atoms with Crippen LogP contribution in [0.15, 0.2) is 30.3 Å². The molecule has 4 heteroatoms. The van der Waals surface area contributed by atoms with Crippen LogP contribution < -0.4 is 5.32 Å². The Kier molecular flexibility index (Phi) is 2.22. The molecule has 2 heterocycles. The third kappa shape index (κ3) is 1.51. The highest BCUT2D eigenvalue weighted by Crippen LogP contribution is 2.22. The van der Waals surface area contributed by atoms with E-state index in [0.717, 1.165) is 31.0 Å². The molecule has 1 N–H and O–H groups in total. The Bertz CT molecular complexity index is 495. The number of rotatable bonds is 1. The third-order valence-corrected chi connectivity index (χ3v) is 2.82. The number of nitrogens with one attached hydrogen (secondary N) is 1. The first kappa shape index (κ1) is 9.54. The second-order valence-corrected chi connectivity index (χ2v) is 3.90. The van der Waals surface area contributed by atoms with Gasteiger partial charge in [-0.15, -0.1) is 0 Å². The van der Waals surface area contributed by atoms with Gasteiger partial charge >= 0.3 is 0 Å². The van der Waals surface area contributed by atoms with Crippen LogP contribution in [0.5, 0.6) is 0 Å². The van der Waals surface area contributed by atoms with E-state index in [1.54, 1.807) is 12.1 Å². The molecular formula is C12H12FN3. The van der Waals surface area contributed by atoms with Crippen LogP contribution in [0, 0.1) is 5.82 Å². The Morgan fingerprint density at radius 1 is 1.31 bits per heavy atom. The predicted molar refractivity (Wildman–Crippen MR) is 59.3 cm³/mol. The predicted octanol–water partition coefficient (Wildman–Crippen LogP) is 1.79. The molecule has 1 aromatic carbocycles. The van der Waals surface area contributed by atoms with Crippen LogP contribution >= 0.6 is 0 Å². The summed E-state index contributed by atoms with van der Waals surface area (Å²) < 4.78 is 15.5. The molecule has 2 aromatic rings. The van der Waals surface area contributed by atoms with Gasteiger partial charge in [0, 0.05) is 18.7 Å².